The van der Waals surface area contributed by atoms with E-state index in [1.165, 1.54) is 11.3 Å². The predicted molar refractivity (Wildman–Crippen MR) is 132 cm³/mol. The number of rotatable bonds is 8. The fourth-order valence-corrected chi connectivity index (χ4v) is 5.00. The molecule has 1 aromatic heterocycles. The number of carbonyl (C=O) groups excluding carboxylic acids is 1. The zero-order chi connectivity index (χ0) is 23.4. The molecule has 0 saturated carbocycles. The van der Waals surface area contributed by atoms with Gasteiger partial charge in [0.1, 0.15) is 5.82 Å². The molecule has 1 amide bonds. The molecule has 3 heterocycles. The Kier molecular flexibility index (Phi) is 7.33. The number of hydrogen-bond acceptors (Lipinski definition) is 7. The second kappa shape index (κ2) is 10.4. The van der Waals surface area contributed by atoms with Gasteiger partial charge in [-0.15, -0.1) is 0 Å². The molecule has 1 N–H and O–H groups in total. The van der Waals surface area contributed by atoms with Gasteiger partial charge in [-0.3, -0.25) is 4.79 Å². The van der Waals surface area contributed by atoms with E-state index in [4.69, 9.17) is 9.72 Å². The van der Waals surface area contributed by atoms with Crippen molar-refractivity contribution in [3.8, 4) is 0 Å². The smallest absolute Gasteiger partial charge is 0.229 e. The molecule has 2 aliphatic rings. The van der Waals surface area contributed by atoms with Crippen LogP contribution in [-0.4, -0.2) is 72.8 Å². The first-order chi connectivity index (χ1) is 16.0. The highest BCUT2D eigenvalue weighted by Gasteiger charge is 2.34. The lowest BCUT2D eigenvalue weighted by Crippen LogP contribution is -2.48. The summed E-state index contributed by atoms with van der Waals surface area (Å²) in [5, 5.41) is 3.38. The molecule has 1 saturated heterocycles. The Bertz CT molecular complexity index is 938. The van der Waals surface area contributed by atoms with Crippen molar-refractivity contribution in [2.45, 2.75) is 52.1 Å². The van der Waals surface area contributed by atoms with Gasteiger partial charge in [-0.05, 0) is 37.1 Å². The summed E-state index contributed by atoms with van der Waals surface area (Å²) in [5.74, 6) is 1.80. The van der Waals surface area contributed by atoms with E-state index in [2.05, 4.69) is 58.2 Å². The van der Waals surface area contributed by atoms with Crippen molar-refractivity contribution in [2.24, 2.45) is 0 Å². The van der Waals surface area contributed by atoms with Crippen LogP contribution in [0.15, 0.2) is 30.5 Å². The number of hydrogen-bond donors (Lipinski definition) is 1. The summed E-state index contributed by atoms with van der Waals surface area (Å²) in [4.78, 5) is 27.7. The van der Waals surface area contributed by atoms with Gasteiger partial charge in [0.2, 0.25) is 11.9 Å². The SMILES string of the molecule is CCC(CC)N1c2nc(Nc3ccc(N4CCN(C(C)=O)CC4)cc3)ncc2CC1COC. The van der Waals surface area contributed by atoms with Gasteiger partial charge in [0.25, 0.3) is 0 Å². The number of ether oxygens (including phenoxy) is 1. The normalized spacial score (nSPS) is 18.1. The maximum absolute atomic E-state index is 11.6. The molecule has 1 fully saturated rings. The maximum atomic E-state index is 11.6. The van der Waals surface area contributed by atoms with E-state index in [1.807, 2.05) is 11.1 Å². The Morgan fingerprint density at radius 2 is 1.85 bits per heavy atom. The molecule has 2 aliphatic heterocycles. The number of benzene rings is 1. The van der Waals surface area contributed by atoms with Crippen LogP contribution in [0.2, 0.25) is 0 Å². The average molecular weight is 453 g/mol. The Balaban J connectivity index is 1.46. The van der Waals surface area contributed by atoms with E-state index in [-0.39, 0.29) is 5.91 Å². The Labute approximate surface area is 196 Å². The van der Waals surface area contributed by atoms with Crippen LogP contribution in [0.1, 0.15) is 39.2 Å². The van der Waals surface area contributed by atoms with Crippen molar-refractivity contribution in [1.29, 1.82) is 0 Å². The maximum Gasteiger partial charge on any atom is 0.229 e. The largest absolute Gasteiger partial charge is 0.383 e. The first kappa shape index (κ1) is 23.3. The summed E-state index contributed by atoms with van der Waals surface area (Å²) in [7, 11) is 1.76. The lowest BCUT2D eigenvalue weighted by atomic mass is 10.1. The Morgan fingerprint density at radius 1 is 1.15 bits per heavy atom. The van der Waals surface area contributed by atoms with E-state index in [0.29, 0.717) is 24.6 Å². The van der Waals surface area contributed by atoms with Crippen molar-refractivity contribution in [3.63, 3.8) is 0 Å². The molecular formula is C25H36N6O2. The van der Waals surface area contributed by atoms with Crippen LogP contribution in [0.4, 0.5) is 23.1 Å². The topological polar surface area (TPSA) is 73.8 Å². The van der Waals surface area contributed by atoms with Crippen molar-refractivity contribution in [2.75, 3.05) is 55.0 Å². The van der Waals surface area contributed by atoms with Crippen molar-refractivity contribution >= 4 is 29.0 Å². The third kappa shape index (κ3) is 5.05. The average Bonchev–Trinajstić information content (AvgIpc) is 3.18. The molecule has 1 aromatic carbocycles. The molecule has 8 heteroatoms. The monoisotopic (exact) mass is 452 g/mol. The Hall–Kier alpha value is -2.87. The van der Waals surface area contributed by atoms with Crippen LogP contribution in [0.3, 0.4) is 0 Å². The van der Waals surface area contributed by atoms with E-state index in [0.717, 1.165) is 56.9 Å². The van der Waals surface area contributed by atoms with Crippen LogP contribution in [0.5, 0.6) is 0 Å². The molecule has 1 atom stereocenters. The quantitative estimate of drug-likeness (QED) is 0.658. The van der Waals surface area contributed by atoms with Gasteiger partial charge in [0, 0.05) is 75.8 Å². The van der Waals surface area contributed by atoms with Gasteiger partial charge in [0.05, 0.1) is 12.6 Å². The first-order valence-corrected chi connectivity index (χ1v) is 12.0. The number of fused-ring (bicyclic) bond motifs is 1. The number of nitrogens with zero attached hydrogens (tertiary/aromatic N) is 5. The van der Waals surface area contributed by atoms with Crippen molar-refractivity contribution in [3.05, 3.63) is 36.0 Å². The second-order valence-electron chi connectivity index (χ2n) is 8.90. The fourth-order valence-electron chi connectivity index (χ4n) is 5.00. The van der Waals surface area contributed by atoms with Gasteiger partial charge in [-0.1, -0.05) is 13.8 Å². The molecule has 1 unspecified atom stereocenters. The highest BCUT2D eigenvalue weighted by molar-refractivity contribution is 5.73. The molecule has 8 nitrogen and oxygen atoms in total. The zero-order valence-corrected chi connectivity index (χ0v) is 20.3. The molecule has 0 aliphatic carbocycles. The number of nitrogens with one attached hydrogen (secondary N) is 1. The number of anilines is 4. The lowest BCUT2D eigenvalue weighted by Gasteiger charge is -2.35. The molecule has 0 radical (unpaired) electrons. The van der Waals surface area contributed by atoms with E-state index in [9.17, 15) is 4.79 Å². The second-order valence-corrected chi connectivity index (χ2v) is 8.90. The van der Waals surface area contributed by atoms with E-state index >= 15 is 0 Å². The molecule has 4 rings (SSSR count). The minimum Gasteiger partial charge on any atom is -0.383 e. The first-order valence-electron chi connectivity index (χ1n) is 12.0. The summed E-state index contributed by atoms with van der Waals surface area (Å²) < 4.78 is 5.50. The number of amides is 1. The van der Waals surface area contributed by atoms with Crippen LogP contribution in [0.25, 0.3) is 0 Å². The van der Waals surface area contributed by atoms with Gasteiger partial charge in [-0.25, -0.2) is 4.98 Å². The van der Waals surface area contributed by atoms with Crippen LogP contribution in [-0.2, 0) is 16.0 Å². The Morgan fingerprint density at radius 3 is 2.45 bits per heavy atom. The number of carbonyl (C=O) groups is 1. The van der Waals surface area contributed by atoms with Gasteiger partial charge < -0.3 is 24.8 Å². The third-order valence-corrected chi connectivity index (χ3v) is 6.84. The number of piperazine rings is 1. The zero-order valence-electron chi connectivity index (χ0n) is 20.3. The van der Waals surface area contributed by atoms with Gasteiger partial charge >= 0.3 is 0 Å². The van der Waals surface area contributed by atoms with E-state index < -0.39 is 0 Å². The molecule has 33 heavy (non-hydrogen) atoms. The fraction of sp³-hybridized carbons (Fsp3) is 0.560. The van der Waals surface area contributed by atoms with E-state index in [1.54, 1.807) is 14.0 Å². The minimum absolute atomic E-state index is 0.153. The summed E-state index contributed by atoms with van der Waals surface area (Å²) in [6.07, 6.45) is 5.03. The van der Waals surface area contributed by atoms with Crippen LogP contribution >= 0.6 is 0 Å². The molecule has 0 bridgehead atoms. The summed E-state index contributed by atoms with van der Waals surface area (Å²) in [6.45, 7) is 10.1. The lowest BCUT2D eigenvalue weighted by molar-refractivity contribution is -0.129. The molecule has 2 aromatic rings. The highest BCUT2D eigenvalue weighted by Crippen LogP contribution is 2.34. The van der Waals surface area contributed by atoms with Gasteiger partial charge in [-0.2, -0.15) is 4.98 Å². The van der Waals surface area contributed by atoms with Crippen LogP contribution < -0.4 is 15.1 Å². The summed E-state index contributed by atoms with van der Waals surface area (Å²) >= 11 is 0. The number of methoxy groups -OCH3 is 1. The number of aromatic nitrogens is 2. The molecular weight excluding hydrogens is 416 g/mol. The van der Waals surface area contributed by atoms with Crippen LogP contribution in [0, 0.1) is 0 Å². The highest BCUT2D eigenvalue weighted by atomic mass is 16.5. The van der Waals surface area contributed by atoms with Gasteiger partial charge in [0.15, 0.2) is 0 Å². The summed E-state index contributed by atoms with van der Waals surface area (Å²) in [5.41, 5.74) is 3.32. The molecule has 0 spiro atoms. The standard InChI is InChI=1S/C25H36N6O2/c1-5-21(6-2)31-23(17-33-4)15-19-16-26-25(28-24(19)31)27-20-7-9-22(10-8-20)30-13-11-29(12-14-30)18(3)32/h7-10,16,21,23H,5-6,11-15,17H2,1-4H3,(H,26,27,28). The predicted octanol–water partition coefficient (Wildman–Crippen LogP) is 3.45. The van der Waals surface area contributed by atoms with Crippen molar-refractivity contribution in [1.82, 2.24) is 14.9 Å². The molecule has 178 valence electrons. The minimum atomic E-state index is 0.153. The van der Waals surface area contributed by atoms with Crippen molar-refractivity contribution < 1.29 is 9.53 Å². The third-order valence-electron chi connectivity index (χ3n) is 6.84. The summed E-state index contributed by atoms with van der Waals surface area (Å²) in [6, 6.07) is 9.11.